The number of hydrogen-bond acceptors (Lipinski definition) is 0. The van der Waals surface area contributed by atoms with Crippen LogP contribution in [-0.4, -0.2) is 0 Å². The van der Waals surface area contributed by atoms with Crippen molar-refractivity contribution in [3.05, 3.63) is 71.0 Å². The first-order valence-corrected chi connectivity index (χ1v) is 7.52. The molecule has 0 amide bonds. The predicted octanol–water partition coefficient (Wildman–Crippen LogP) is 5.86. The van der Waals surface area contributed by atoms with Crippen LogP contribution in [0.25, 0.3) is 0 Å². The number of halogens is 2. The molecule has 2 aromatic rings. The van der Waals surface area contributed by atoms with Gasteiger partial charge in [-0.05, 0) is 47.6 Å². The van der Waals surface area contributed by atoms with E-state index < -0.39 is 0 Å². The zero-order chi connectivity index (χ0) is 14.5. The Balaban J connectivity index is 2.07. The highest BCUT2D eigenvalue weighted by Crippen LogP contribution is 2.27. The van der Waals surface area contributed by atoms with Gasteiger partial charge in [0.05, 0.1) is 5.38 Å². The smallest absolute Gasteiger partial charge is 0.123 e. The van der Waals surface area contributed by atoms with Crippen LogP contribution in [0.15, 0.2) is 48.5 Å². The van der Waals surface area contributed by atoms with Crippen molar-refractivity contribution in [2.24, 2.45) is 0 Å². The normalized spacial score (nSPS) is 14.0. The van der Waals surface area contributed by atoms with E-state index in [0.717, 1.165) is 17.5 Å². The van der Waals surface area contributed by atoms with E-state index >= 15 is 0 Å². The zero-order valence-electron chi connectivity index (χ0n) is 11.9. The molecule has 0 aliphatic heterocycles. The molecule has 0 heterocycles. The van der Waals surface area contributed by atoms with Crippen LogP contribution < -0.4 is 0 Å². The molecule has 2 aromatic carbocycles. The molecule has 0 aliphatic rings. The highest BCUT2D eigenvalue weighted by atomic mass is 35.5. The molecule has 0 N–H and O–H groups in total. The van der Waals surface area contributed by atoms with Gasteiger partial charge < -0.3 is 0 Å². The Labute approximate surface area is 125 Å². The van der Waals surface area contributed by atoms with Crippen molar-refractivity contribution >= 4 is 11.6 Å². The summed E-state index contributed by atoms with van der Waals surface area (Å²) in [6.07, 6.45) is 1.77. The molecule has 2 heteroatoms. The Morgan fingerprint density at radius 3 is 2.30 bits per heavy atom. The van der Waals surface area contributed by atoms with Crippen LogP contribution in [0.4, 0.5) is 4.39 Å². The van der Waals surface area contributed by atoms with Gasteiger partial charge in [0.2, 0.25) is 0 Å². The van der Waals surface area contributed by atoms with Crippen molar-refractivity contribution in [1.82, 2.24) is 0 Å². The van der Waals surface area contributed by atoms with E-state index in [1.807, 2.05) is 6.07 Å². The topological polar surface area (TPSA) is 0 Å². The summed E-state index contributed by atoms with van der Waals surface area (Å²) in [6, 6.07) is 15.1. The molecule has 0 bridgehead atoms. The van der Waals surface area contributed by atoms with Crippen molar-refractivity contribution in [3.63, 3.8) is 0 Å². The molecule has 0 nitrogen and oxygen atoms in total. The van der Waals surface area contributed by atoms with Gasteiger partial charge >= 0.3 is 0 Å². The third-order valence-electron chi connectivity index (χ3n) is 3.78. The summed E-state index contributed by atoms with van der Waals surface area (Å²) in [5.41, 5.74) is 3.35. The Kier molecular flexibility index (Phi) is 5.19. The molecular weight excluding hydrogens is 271 g/mol. The first kappa shape index (κ1) is 15.1. The number of benzene rings is 2. The van der Waals surface area contributed by atoms with Crippen molar-refractivity contribution in [1.29, 1.82) is 0 Å². The summed E-state index contributed by atoms with van der Waals surface area (Å²) in [6.45, 7) is 4.41. The van der Waals surface area contributed by atoms with Crippen LogP contribution in [-0.2, 0) is 6.42 Å². The molecule has 2 atom stereocenters. The largest absolute Gasteiger partial charge is 0.207 e. The van der Waals surface area contributed by atoms with Crippen LogP contribution in [0.1, 0.15) is 48.3 Å². The lowest BCUT2D eigenvalue weighted by molar-refractivity contribution is 0.625. The molecule has 0 radical (unpaired) electrons. The molecule has 0 fully saturated rings. The fraction of sp³-hybridized carbons (Fsp3) is 0.333. The third kappa shape index (κ3) is 3.83. The molecule has 2 unspecified atom stereocenters. The van der Waals surface area contributed by atoms with Crippen LogP contribution in [0.5, 0.6) is 0 Å². The Morgan fingerprint density at radius 1 is 1.05 bits per heavy atom. The second-order valence-corrected chi connectivity index (χ2v) is 5.80. The maximum absolute atomic E-state index is 13.2. The summed E-state index contributed by atoms with van der Waals surface area (Å²) in [7, 11) is 0. The lowest BCUT2D eigenvalue weighted by Crippen LogP contribution is -1.98. The molecule has 0 saturated heterocycles. The van der Waals surface area contributed by atoms with Gasteiger partial charge in [0.1, 0.15) is 5.82 Å². The average molecular weight is 291 g/mol. The van der Waals surface area contributed by atoms with Crippen LogP contribution in [0, 0.1) is 5.82 Å². The summed E-state index contributed by atoms with van der Waals surface area (Å²) in [5.74, 6) is 0.361. The van der Waals surface area contributed by atoms with E-state index in [-0.39, 0.29) is 11.2 Å². The summed E-state index contributed by atoms with van der Waals surface area (Å²) in [4.78, 5) is 0. The Morgan fingerprint density at radius 2 is 1.70 bits per heavy atom. The fourth-order valence-electron chi connectivity index (χ4n) is 2.26. The maximum atomic E-state index is 13.2. The Bertz CT molecular complexity index is 548. The molecular formula is C18H20ClF. The summed E-state index contributed by atoms with van der Waals surface area (Å²) < 4.78 is 13.2. The van der Waals surface area contributed by atoms with E-state index in [2.05, 4.69) is 38.1 Å². The van der Waals surface area contributed by atoms with Gasteiger partial charge in [-0.25, -0.2) is 4.39 Å². The van der Waals surface area contributed by atoms with Crippen molar-refractivity contribution in [3.8, 4) is 0 Å². The summed E-state index contributed by atoms with van der Waals surface area (Å²) in [5, 5.41) is -0.122. The lowest BCUT2D eigenvalue weighted by atomic mass is 9.96. The van der Waals surface area contributed by atoms with E-state index in [1.165, 1.54) is 11.6 Å². The first-order chi connectivity index (χ1) is 9.60. The van der Waals surface area contributed by atoms with Crippen LogP contribution >= 0.6 is 11.6 Å². The molecule has 0 aromatic heterocycles. The van der Waals surface area contributed by atoms with Crippen LogP contribution in [0.3, 0.4) is 0 Å². The van der Waals surface area contributed by atoms with Gasteiger partial charge in [0.25, 0.3) is 0 Å². The SMILES string of the molecule is CCC(C)c1ccc(C(Cl)Cc2cccc(F)c2)cc1. The number of hydrogen-bond donors (Lipinski definition) is 0. The fourth-order valence-corrected chi connectivity index (χ4v) is 2.58. The van der Waals surface area contributed by atoms with E-state index in [9.17, 15) is 4.39 Å². The molecule has 0 spiro atoms. The molecule has 20 heavy (non-hydrogen) atoms. The van der Waals surface area contributed by atoms with Crippen molar-refractivity contribution in [2.45, 2.75) is 38.0 Å². The summed E-state index contributed by atoms with van der Waals surface area (Å²) >= 11 is 6.44. The minimum absolute atomic E-state index is 0.122. The average Bonchev–Trinajstić information content (AvgIpc) is 2.46. The van der Waals surface area contributed by atoms with Crippen molar-refractivity contribution in [2.75, 3.05) is 0 Å². The van der Waals surface area contributed by atoms with E-state index in [4.69, 9.17) is 11.6 Å². The van der Waals surface area contributed by atoms with Gasteiger partial charge in [-0.1, -0.05) is 50.2 Å². The predicted molar refractivity (Wildman–Crippen MR) is 83.8 cm³/mol. The van der Waals surface area contributed by atoms with Gasteiger partial charge in [0, 0.05) is 0 Å². The third-order valence-corrected chi connectivity index (χ3v) is 4.19. The molecule has 0 saturated carbocycles. The number of alkyl halides is 1. The van der Waals surface area contributed by atoms with Gasteiger partial charge in [-0.3, -0.25) is 0 Å². The quantitative estimate of drug-likeness (QED) is 0.605. The second kappa shape index (κ2) is 6.90. The van der Waals surface area contributed by atoms with E-state index in [0.29, 0.717) is 12.3 Å². The molecule has 2 rings (SSSR count). The van der Waals surface area contributed by atoms with Gasteiger partial charge in [-0.15, -0.1) is 11.6 Å². The van der Waals surface area contributed by atoms with Crippen molar-refractivity contribution < 1.29 is 4.39 Å². The highest BCUT2D eigenvalue weighted by molar-refractivity contribution is 6.20. The van der Waals surface area contributed by atoms with Crippen LogP contribution in [0.2, 0.25) is 0 Å². The Hall–Kier alpha value is -1.34. The minimum Gasteiger partial charge on any atom is -0.207 e. The highest BCUT2D eigenvalue weighted by Gasteiger charge is 2.10. The molecule has 0 aliphatic carbocycles. The van der Waals surface area contributed by atoms with E-state index in [1.54, 1.807) is 12.1 Å². The monoisotopic (exact) mass is 290 g/mol. The second-order valence-electron chi connectivity index (χ2n) is 5.28. The lowest BCUT2D eigenvalue weighted by Gasteiger charge is -2.13. The van der Waals surface area contributed by atoms with Gasteiger partial charge in [0.15, 0.2) is 0 Å². The minimum atomic E-state index is -0.210. The number of rotatable bonds is 5. The maximum Gasteiger partial charge on any atom is 0.123 e. The van der Waals surface area contributed by atoms with Gasteiger partial charge in [-0.2, -0.15) is 0 Å². The first-order valence-electron chi connectivity index (χ1n) is 7.08. The standard InChI is InChI=1S/C18H20ClF/c1-3-13(2)15-7-9-16(10-8-15)18(19)12-14-5-4-6-17(20)11-14/h4-11,13,18H,3,12H2,1-2H3. The molecule has 106 valence electrons. The zero-order valence-corrected chi connectivity index (χ0v) is 12.7.